The van der Waals surface area contributed by atoms with E-state index < -0.39 is 22.7 Å². The van der Waals surface area contributed by atoms with Crippen LogP contribution in [0.1, 0.15) is 0 Å². The first-order chi connectivity index (χ1) is 5.13. The lowest BCUT2D eigenvalue weighted by Crippen LogP contribution is -2.07. The fourth-order valence-electron chi connectivity index (χ4n) is 0.209. The van der Waals surface area contributed by atoms with E-state index in [4.69, 9.17) is 0 Å². The highest BCUT2D eigenvalue weighted by Gasteiger charge is 1.89. The Bertz CT molecular complexity index is 129. The third-order valence-electron chi connectivity index (χ3n) is 0.450. The average Bonchev–Trinajstić information content (AvgIpc) is 1.85. The predicted octanol–water partition coefficient (Wildman–Crippen LogP) is -1.46. The average molecular weight is 204 g/mol. The fraction of sp³-hybridized carbons (Fsp3) is 1.00. The molecule has 0 aromatic carbocycles. The topological polar surface area (TPSA) is 108 Å². The van der Waals surface area contributed by atoms with Gasteiger partial charge >= 0.3 is 0 Å². The summed E-state index contributed by atoms with van der Waals surface area (Å²) in [6.07, 6.45) is 0. The molecule has 0 amide bonds. The fourth-order valence-corrected chi connectivity index (χ4v) is 0.560. The summed E-state index contributed by atoms with van der Waals surface area (Å²) in [5.41, 5.74) is 0. The van der Waals surface area contributed by atoms with Crippen molar-refractivity contribution in [1.29, 1.82) is 0 Å². The molecule has 2 atom stereocenters. The lowest BCUT2D eigenvalue weighted by Gasteiger charge is -2.06. The van der Waals surface area contributed by atoms with Gasteiger partial charge in [0.25, 0.3) is 0 Å². The van der Waals surface area contributed by atoms with Gasteiger partial charge in [-0.15, -0.1) is 4.33 Å². The van der Waals surface area contributed by atoms with Crippen LogP contribution < -0.4 is 0 Å². The van der Waals surface area contributed by atoms with E-state index in [1.54, 1.807) is 0 Å². The summed E-state index contributed by atoms with van der Waals surface area (Å²) in [5, 5.41) is 0. The minimum atomic E-state index is -2.76. The SMILES string of the molecule is O=S([O-])OCCOOS(=O)[O-]. The van der Waals surface area contributed by atoms with Crippen molar-refractivity contribution in [3.63, 3.8) is 0 Å². The third-order valence-corrected chi connectivity index (χ3v) is 1.02. The Morgan fingerprint density at radius 3 is 2.18 bits per heavy atom. The zero-order valence-corrected chi connectivity index (χ0v) is 6.72. The number of rotatable bonds is 6. The van der Waals surface area contributed by atoms with Crippen LogP contribution in [0.3, 0.4) is 0 Å². The molecule has 0 aliphatic rings. The molecule has 0 aliphatic carbocycles. The van der Waals surface area contributed by atoms with Crippen molar-refractivity contribution in [1.82, 2.24) is 0 Å². The first kappa shape index (κ1) is 11.1. The van der Waals surface area contributed by atoms with E-state index >= 15 is 0 Å². The summed E-state index contributed by atoms with van der Waals surface area (Å²) < 4.78 is 46.0. The Kier molecular flexibility index (Phi) is 6.85. The summed E-state index contributed by atoms with van der Waals surface area (Å²) in [6.45, 7) is -0.588. The number of hydrogen-bond acceptors (Lipinski definition) is 7. The molecule has 0 aliphatic heterocycles. The molecule has 0 spiro atoms. The Morgan fingerprint density at radius 2 is 1.73 bits per heavy atom. The summed E-state index contributed by atoms with van der Waals surface area (Å²) in [6, 6.07) is 0. The van der Waals surface area contributed by atoms with Crippen LogP contribution in [0.2, 0.25) is 0 Å². The second-order valence-electron chi connectivity index (χ2n) is 1.12. The highest BCUT2D eigenvalue weighted by atomic mass is 32.2. The smallest absolute Gasteiger partial charge is 0.120 e. The minimum Gasteiger partial charge on any atom is -0.750 e. The largest absolute Gasteiger partial charge is 0.750 e. The van der Waals surface area contributed by atoms with E-state index in [0.717, 1.165) is 0 Å². The van der Waals surface area contributed by atoms with E-state index in [-0.39, 0.29) is 13.2 Å². The molecule has 0 radical (unpaired) electrons. The highest BCUT2D eigenvalue weighted by Crippen LogP contribution is 1.84. The van der Waals surface area contributed by atoms with Gasteiger partial charge in [0.2, 0.25) is 0 Å². The van der Waals surface area contributed by atoms with Crippen molar-refractivity contribution in [2.45, 2.75) is 0 Å². The maximum absolute atomic E-state index is 9.66. The van der Waals surface area contributed by atoms with Crippen molar-refractivity contribution in [2.75, 3.05) is 13.2 Å². The molecule has 0 heterocycles. The molecule has 0 saturated carbocycles. The maximum Gasteiger partial charge on any atom is 0.120 e. The van der Waals surface area contributed by atoms with Crippen molar-refractivity contribution >= 4 is 22.7 Å². The lowest BCUT2D eigenvalue weighted by atomic mass is 10.8. The van der Waals surface area contributed by atoms with Gasteiger partial charge in [-0.25, -0.2) is 13.3 Å². The van der Waals surface area contributed by atoms with Gasteiger partial charge in [-0.1, -0.05) is 0 Å². The summed E-state index contributed by atoms with van der Waals surface area (Å²) in [5.74, 6) is 0. The molecule has 0 saturated heterocycles. The summed E-state index contributed by atoms with van der Waals surface area (Å²) >= 11 is -5.38. The minimum absolute atomic E-state index is 0.290. The van der Waals surface area contributed by atoms with Gasteiger partial charge in [0.15, 0.2) is 0 Å². The van der Waals surface area contributed by atoms with Crippen LogP contribution in [0.15, 0.2) is 0 Å². The van der Waals surface area contributed by atoms with E-state index in [0.29, 0.717) is 0 Å². The van der Waals surface area contributed by atoms with E-state index in [1.807, 2.05) is 0 Å². The molecular weight excluding hydrogens is 200 g/mol. The normalized spacial score (nSPS) is 16.2. The zero-order valence-electron chi connectivity index (χ0n) is 5.09. The molecule has 0 rings (SSSR count). The Hall–Kier alpha value is 0.1000. The highest BCUT2D eigenvalue weighted by molar-refractivity contribution is 7.74. The quantitative estimate of drug-likeness (QED) is 0.225. The first-order valence-corrected chi connectivity index (χ1v) is 4.24. The molecular formula is C2H4O7S2-2. The molecule has 0 aromatic heterocycles. The molecule has 11 heavy (non-hydrogen) atoms. The van der Waals surface area contributed by atoms with Crippen LogP contribution in [0.5, 0.6) is 0 Å². The van der Waals surface area contributed by atoms with Gasteiger partial charge in [0.05, 0.1) is 18.0 Å². The number of hydrogen-bond donors (Lipinski definition) is 0. The molecule has 0 aromatic rings. The molecule has 7 nitrogen and oxygen atoms in total. The van der Waals surface area contributed by atoms with Crippen molar-refractivity contribution in [2.24, 2.45) is 0 Å². The Balaban J connectivity index is 3.03. The van der Waals surface area contributed by atoms with Gasteiger partial charge < -0.3 is 9.11 Å². The summed E-state index contributed by atoms with van der Waals surface area (Å²) in [7, 11) is 0. The van der Waals surface area contributed by atoms with Gasteiger partial charge in [0, 0.05) is 0 Å². The second-order valence-corrected chi connectivity index (χ2v) is 2.31. The van der Waals surface area contributed by atoms with Crippen LogP contribution in [0.25, 0.3) is 0 Å². The summed E-state index contributed by atoms with van der Waals surface area (Å²) in [4.78, 5) is 3.93. The van der Waals surface area contributed by atoms with Gasteiger partial charge in [-0.05, 0) is 0 Å². The standard InChI is InChI=1S/C2H6O7S2/c3-10(4)8-2-1-7-9-11(5)6/h1-2H2,(H,3,4)(H,5,6)/p-2. The Labute approximate surface area is 67.5 Å². The predicted molar refractivity (Wildman–Crippen MR) is 30.8 cm³/mol. The monoisotopic (exact) mass is 204 g/mol. The Morgan fingerprint density at radius 1 is 1.09 bits per heavy atom. The van der Waals surface area contributed by atoms with Crippen molar-refractivity contribution in [3.05, 3.63) is 0 Å². The zero-order chi connectivity index (χ0) is 8.69. The van der Waals surface area contributed by atoms with Crippen molar-refractivity contribution in [3.8, 4) is 0 Å². The van der Waals surface area contributed by atoms with E-state index in [1.165, 1.54) is 0 Å². The van der Waals surface area contributed by atoms with Crippen LogP contribution in [0, 0.1) is 0 Å². The molecule has 2 unspecified atom stereocenters. The van der Waals surface area contributed by atoms with Gasteiger partial charge in [0.1, 0.15) is 18.0 Å². The lowest BCUT2D eigenvalue weighted by molar-refractivity contribution is -0.206. The van der Waals surface area contributed by atoms with Crippen LogP contribution in [-0.4, -0.2) is 30.7 Å². The van der Waals surface area contributed by atoms with Crippen LogP contribution >= 0.6 is 0 Å². The molecule has 9 heteroatoms. The molecule has 0 fully saturated rings. The van der Waals surface area contributed by atoms with Gasteiger partial charge in [-0.2, -0.15) is 0 Å². The van der Waals surface area contributed by atoms with Gasteiger partial charge in [-0.3, -0.25) is 4.18 Å². The molecule has 0 bridgehead atoms. The van der Waals surface area contributed by atoms with Crippen LogP contribution in [0.4, 0.5) is 0 Å². The van der Waals surface area contributed by atoms with Crippen LogP contribution in [-0.2, 0) is 36.1 Å². The van der Waals surface area contributed by atoms with E-state index in [2.05, 4.69) is 13.4 Å². The first-order valence-electron chi connectivity index (χ1n) is 2.24. The molecule has 0 N–H and O–H groups in total. The third kappa shape index (κ3) is 10.1. The van der Waals surface area contributed by atoms with E-state index in [9.17, 15) is 17.5 Å². The maximum atomic E-state index is 9.66. The van der Waals surface area contributed by atoms with Crippen molar-refractivity contribution < 1.29 is 30.9 Å². The second kappa shape index (κ2) is 6.79. The molecule has 68 valence electrons.